The second-order valence-corrected chi connectivity index (χ2v) is 12.4. The lowest BCUT2D eigenvalue weighted by molar-refractivity contribution is -0.123. The highest BCUT2D eigenvalue weighted by atomic mass is 16.5. The first-order valence-electron chi connectivity index (χ1n) is 15.7. The molecule has 1 saturated carbocycles. The summed E-state index contributed by atoms with van der Waals surface area (Å²) in [6.45, 7) is 6.18. The number of allylic oxidation sites excluding steroid dienone is 2. The van der Waals surface area contributed by atoms with Gasteiger partial charge in [-0.25, -0.2) is 0 Å². The van der Waals surface area contributed by atoms with Gasteiger partial charge in [-0.15, -0.1) is 0 Å². The normalized spacial score (nSPS) is 22.6. The SMILES string of the molecule is CC[C@@H](C)[C@H](Nc1ccc2c(cc1=O)[C@@H](NC(C)=O)CCc1cc(OC)c(OC)c(OC)c1-2)C(=O)NCC1CC2C=CC1C2. The van der Waals surface area contributed by atoms with E-state index in [0.29, 0.717) is 65.6 Å². The number of fused-ring (bicyclic) bond motifs is 5. The van der Waals surface area contributed by atoms with Gasteiger partial charge in [-0.3, -0.25) is 14.4 Å². The molecule has 236 valence electrons. The second-order valence-electron chi connectivity index (χ2n) is 12.4. The van der Waals surface area contributed by atoms with Gasteiger partial charge < -0.3 is 30.2 Å². The Morgan fingerprint density at radius 1 is 1.02 bits per heavy atom. The topological polar surface area (TPSA) is 115 Å². The van der Waals surface area contributed by atoms with E-state index < -0.39 is 12.1 Å². The molecule has 6 atom stereocenters. The molecule has 9 heteroatoms. The lowest BCUT2D eigenvalue weighted by atomic mass is 9.93. The number of nitrogens with one attached hydrogen (secondary N) is 3. The van der Waals surface area contributed by atoms with Crippen LogP contribution in [0.5, 0.6) is 17.2 Å². The fourth-order valence-corrected chi connectivity index (χ4v) is 7.17. The van der Waals surface area contributed by atoms with Crippen LogP contribution in [0, 0.1) is 23.7 Å². The highest BCUT2D eigenvalue weighted by Gasteiger charge is 2.36. The maximum atomic E-state index is 13.9. The Morgan fingerprint density at radius 3 is 2.41 bits per heavy atom. The Hall–Kier alpha value is -4.01. The predicted molar refractivity (Wildman–Crippen MR) is 171 cm³/mol. The molecule has 2 aromatic carbocycles. The Labute approximate surface area is 259 Å². The maximum absolute atomic E-state index is 13.9. The molecule has 2 aromatic rings. The van der Waals surface area contributed by atoms with Crippen molar-refractivity contribution in [3.63, 3.8) is 0 Å². The highest BCUT2D eigenvalue weighted by molar-refractivity contribution is 5.86. The highest BCUT2D eigenvalue weighted by Crippen LogP contribution is 2.50. The van der Waals surface area contributed by atoms with Crippen molar-refractivity contribution in [2.24, 2.45) is 23.7 Å². The molecule has 3 aliphatic rings. The first-order chi connectivity index (χ1) is 21.2. The van der Waals surface area contributed by atoms with E-state index in [0.717, 1.165) is 29.5 Å². The molecule has 3 unspecified atom stereocenters. The largest absolute Gasteiger partial charge is 0.493 e. The summed E-state index contributed by atoms with van der Waals surface area (Å²) in [4.78, 5) is 39.7. The van der Waals surface area contributed by atoms with E-state index in [1.807, 2.05) is 26.0 Å². The summed E-state index contributed by atoms with van der Waals surface area (Å²) in [7, 11) is 4.71. The summed E-state index contributed by atoms with van der Waals surface area (Å²) in [6.07, 6.45) is 8.85. The van der Waals surface area contributed by atoms with Crippen molar-refractivity contribution in [2.75, 3.05) is 33.2 Å². The van der Waals surface area contributed by atoms with Crippen molar-refractivity contribution < 1.29 is 23.8 Å². The van der Waals surface area contributed by atoms with Crippen LogP contribution in [0.3, 0.4) is 0 Å². The first-order valence-corrected chi connectivity index (χ1v) is 15.7. The molecular weight excluding hydrogens is 558 g/mol. The number of anilines is 1. The van der Waals surface area contributed by atoms with E-state index >= 15 is 0 Å². The zero-order valence-electron chi connectivity index (χ0n) is 26.6. The molecule has 0 saturated heterocycles. The van der Waals surface area contributed by atoms with E-state index in [9.17, 15) is 14.4 Å². The van der Waals surface area contributed by atoms with Crippen molar-refractivity contribution >= 4 is 17.5 Å². The summed E-state index contributed by atoms with van der Waals surface area (Å²) < 4.78 is 17.2. The average molecular weight is 604 g/mol. The number of ether oxygens (including phenoxy) is 3. The fourth-order valence-electron chi connectivity index (χ4n) is 7.17. The van der Waals surface area contributed by atoms with Gasteiger partial charge in [0.1, 0.15) is 6.04 Å². The van der Waals surface area contributed by atoms with Crippen LogP contribution in [-0.4, -0.2) is 45.7 Å². The molecule has 0 aromatic heterocycles. The van der Waals surface area contributed by atoms with Crippen LogP contribution in [0.15, 0.2) is 41.2 Å². The van der Waals surface area contributed by atoms with Crippen LogP contribution in [0.25, 0.3) is 11.1 Å². The Balaban J connectivity index is 1.54. The number of aryl methyl sites for hydroxylation is 1. The molecule has 0 heterocycles. The molecule has 2 amide bonds. The number of amides is 2. The molecule has 0 spiro atoms. The summed E-state index contributed by atoms with van der Waals surface area (Å²) in [5.41, 5.74) is 3.22. The molecule has 3 aliphatic carbocycles. The molecule has 5 rings (SSSR count). The monoisotopic (exact) mass is 603 g/mol. The van der Waals surface area contributed by atoms with Gasteiger partial charge in [0.25, 0.3) is 0 Å². The van der Waals surface area contributed by atoms with Crippen molar-refractivity contribution in [3.05, 3.63) is 57.8 Å². The first kappa shape index (κ1) is 31.4. The Kier molecular flexibility index (Phi) is 9.51. The van der Waals surface area contributed by atoms with Gasteiger partial charge in [0.15, 0.2) is 11.5 Å². The van der Waals surface area contributed by atoms with Gasteiger partial charge >= 0.3 is 0 Å². The third-order valence-corrected chi connectivity index (χ3v) is 9.68. The van der Waals surface area contributed by atoms with E-state index in [1.54, 1.807) is 33.5 Å². The molecule has 44 heavy (non-hydrogen) atoms. The van der Waals surface area contributed by atoms with E-state index in [4.69, 9.17) is 14.2 Å². The fraction of sp³-hybridized carbons (Fsp3) is 0.514. The number of hydrogen-bond acceptors (Lipinski definition) is 7. The minimum atomic E-state index is -0.582. The Bertz CT molecular complexity index is 1500. The molecule has 3 N–H and O–H groups in total. The van der Waals surface area contributed by atoms with Crippen LogP contribution in [0.4, 0.5) is 5.69 Å². The zero-order valence-corrected chi connectivity index (χ0v) is 26.6. The van der Waals surface area contributed by atoms with Gasteiger partial charge in [-0.05, 0) is 84.2 Å². The number of carbonyl (C=O) groups excluding carboxylic acids is 2. The summed E-state index contributed by atoms with van der Waals surface area (Å²) in [6, 6.07) is 6.13. The number of benzene rings is 1. The molecule has 1 fully saturated rings. The molecule has 0 aliphatic heterocycles. The summed E-state index contributed by atoms with van der Waals surface area (Å²) >= 11 is 0. The lowest BCUT2D eigenvalue weighted by Crippen LogP contribution is -2.46. The number of carbonyl (C=O) groups is 2. The van der Waals surface area contributed by atoms with Crippen LogP contribution < -0.4 is 35.6 Å². The predicted octanol–water partition coefficient (Wildman–Crippen LogP) is 5.02. The zero-order chi connectivity index (χ0) is 31.5. The third kappa shape index (κ3) is 6.14. The number of rotatable bonds is 11. The maximum Gasteiger partial charge on any atom is 0.242 e. The molecule has 9 nitrogen and oxygen atoms in total. The van der Waals surface area contributed by atoms with Crippen LogP contribution in [0.2, 0.25) is 0 Å². The quantitative estimate of drug-likeness (QED) is 0.309. The van der Waals surface area contributed by atoms with Crippen molar-refractivity contribution in [3.8, 4) is 28.4 Å². The van der Waals surface area contributed by atoms with Gasteiger partial charge in [-0.2, -0.15) is 0 Å². The van der Waals surface area contributed by atoms with Crippen LogP contribution >= 0.6 is 0 Å². The van der Waals surface area contributed by atoms with E-state index in [2.05, 4.69) is 28.1 Å². The van der Waals surface area contributed by atoms with E-state index in [-0.39, 0.29) is 23.2 Å². The Morgan fingerprint density at radius 2 is 1.80 bits per heavy atom. The summed E-state index contributed by atoms with van der Waals surface area (Å²) in [5, 5.41) is 9.54. The molecule has 2 bridgehead atoms. The minimum Gasteiger partial charge on any atom is -0.493 e. The van der Waals surface area contributed by atoms with Crippen molar-refractivity contribution in [2.45, 2.75) is 65.0 Å². The minimum absolute atomic E-state index is 0.0117. The van der Waals surface area contributed by atoms with Crippen molar-refractivity contribution in [1.29, 1.82) is 0 Å². The van der Waals surface area contributed by atoms with Gasteiger partial charge in [0, 0.05) is 19.0 Å². The van der Waals surface area contributed by atoms with Crippen LogP contribution in [0.1, 0.15) is 63.6 Å². The number of hydrogen-bond donors (Lipinski definition) is 3. The number of methoxy groups -OCH3 is 3. The van der Waals surface area contributed by atoms with Gasteiger partial charge in [0.05, 0.1) is 33.1 Å². The molecular formula is C35H45N3O6. The van der Waals surface area contributed by atoms with Crippen molar-refractivity contribution in [1.82, 2.24) is 10.6 Å². The summed E-state index contributed by atoms with van der Waals surface area (Å²) in [5.74, 6) is 2.83. The van der Waals surface area contributed by atoms with Gasteiger partial charge in [-0.1, -0.05) is 38.5 Å². The van der Waals surface area contributed by atoms with E-state index in [1.165, 1.54) is 13.3 Å². The van der Waals surface area contributed by atoms with Gasteiger partial charge in [0.2, 0.25) is 23.0 Å². The smallest absolute Gasteiger partial charge is 0.242 e. The average Bonchev–Trinajstić information content (AvgIpc) is 3.57. The standard InChI is InChI=1S/C35H45N3O6/c1-7-19(2)32(35(41)36-18-24-15-21-8-9-22(24)14-21)38-28-13-11-25-26(17-29(28)40)27(37-20(3)39)12-10-23-16-30(42-4)33(43-5)34(44-6)31(23)25/h8-9,11,13,16-17,19,21-22,24,27,32H,7,10,12,14-15,18H2,1-6H3,(H,36,41)(H,37,39)(H,38,40)/t19-,21?,22?,24?,27+,32+/m1/s1. The second kappa shape index (κ2) is 13.3. The lowest BCUT2D eigenvalue weighted by Gasteiger charge is -2.26. The molecule has 0 radical (unpaired) electrons. The third-order valence-electron chi connectivity index (χ3n) is 9.68. The van der Waals surface area contributed by atoms with Crippen LogP contribution in [-0.2, 0) is 16.0 Å².